The Morgan fingerprint density at radius 2 is 1.74 bits per heavy atom. The number of amides is 4. The fourth-order valence-corrected chi connectivity index (χ4v) is 5.61. The van der Waals surface area contributed by atoms with Crippen LogP contribution in [-0.2, 0) is 19.9 Å². The fraction of sp³-hybridized carbons (Fsp3) is 0.640. The van der Waals surface area contributed by atoms with Gasteiger partial charge in [0, 0.05) is 39.4 Å². The van der Waals surface area contributed by atoms with Gasteiger partial charge in [-0.05, 0) is 51.8 Å². The third kappa shape index (κ3) is 5.20. The highest BCUT2D eigenvalue weighted by molar-refractivity contribution is 5.88. The zero-order valence-corrected chi connectivity index (χ0v) is 21.0. The second-order valence-electron chi connectivity index (χ2n) is 9.87. The topological polar surface area (TPSA) is 99.4 Å². The molecule has 1 aliphatic carbocycles. The van der Waals surface area contributed by atoms with E-state index in [2.05, 4.69) is 43.3 Å². The number of methoxy groups -OCH3 is 1. The summed E-state index contributed by atoms with van der Waals surface area (Å²) in [7, 11) is 7.44. The highest BCUT2D eigenvalue weighted by Crippen LogP contribution is 2.48. The minimum Gasteiger partial charge on any atom is -0.385 e. The lowest BCUT2D eigenvalue weighted by Crippen LogP contribution is -2.55. The van der Waals surface area contributed by atoms with E-state index in [0.717, 1.165) is 32.1 Å². The van der Waals surface area contributed by atoms with Crippen molar-refractivity contribution in [2.24, 2.45) is 5.73 Å². The van der Waals surface area contributed by atoms with Gasteiger partial charge in [-0.3, -0.25) is 14.5 Å². The minimum atomic E-state index is -0.575. The summed E-state index contributed by atoms with van der Waals surface area (Å²) in [5.41, 5.74) is 6.12. The van der Waals surface area contributed by atoms with Gasteiger partial charge in [0.1, 0.15) is 6.54 Å². The number of nitrogens with two attached hydrogens (primary N) is 1. The molecule has 188 valence electrons. The number of urea groups is 1. The quantitative estimate of drug-likeness (QED) is 0.519. The zero-order chi connectivity index (χ0) is 24.9. The van der Waals surface area contributed by atoms with Crippen LogP contribution in [0.2, 0.25) is 0 Å². The lowest BCUT2D eigenvalue weighted by atomic mass is 9.68. The molecule has 1 spiro atoms. The van der Waals surface area contributed by atoms with Gasteiger partial charge in [0.25, 0.3) is 0 Å². The molecule has 2 aliphatic rings. The molecule has 2 N–H and O–H groups in total. The van der Waals surface area contributed by atoms with Crippen LogP contribution in [0.15, 0.2) is 30.3 Å². The monoisotopic (exact) mass is 473 g/mol. The molecule has 0 unspecified atom stereocenters. The third-order valence-corrected chi connectivity index (χ3v) is 7.61. The molecule has 1 aliphatic heterocycles. The number of likely N-dealkylation sites (N-methyl/N-ethyl adjacent to an activating group) is 1. The highest BCUT2D eigenvalue weighted by atomic mass is 16.5. The summed E-state index contributed by atoms with van der Waals surface area (Å²) in [4.78, 5) is 44.5. The number of benzene rings is 1. The van der Waals surface area contributed by atoms with E-state index < -0.39 is 5.91 Å². The lowest BCUT2D eigenvalue weighted by molar-refractivity contribution is -0.134. The summed E-state index contributed by atoms with van der Waals surface area (Å²) >= 11 is 0. The van der Waals surface area contributed by atoms with Crippen molar-refractivity contribution in [2.45, 2.75) is 43.2 Å². The van der Waals surface area contributed by atoms with Crippen molar-refractivity contribution in [1.82, 2.24) is 19.6 Å². The number of hydrogen-bond acceptors (Lipinski definition) is 5. The number of hydrogen-bond donors (Lipinski definition) is 1. The molecule has 34 heavy (non-hydrogen) atoms. The van der Waals surface area contributed by atoms with E-state index >= 15 is 0 Å². The summed E-state index contributed by atoms with van der Waals surface area (Å²) in [6.45, 7) is 1.46. The first-order valence-corrected chi connectivity index (χ1v) is 12.0. The van der Waals surface area contributed by atoms with Gasteiger partial charge in [-0.15, -0.1) is 0 Å². The molecule has 0 aromatic heterocycles. The Labute approximate surface area is 202 Å². The van der Waals surface area contributed by atoms with Gasteiger partial charge in [-0.25, -0.2) is 4.79 Å². The van der Waals surface area contributed by atoms with Crippen molar-refractivity contribution < 1.29 is 19.1 Å². The summed E-state index contributed by atoms with van der Waals surface area (Å²) in [5.74, 6) is -0.863. The van der Waals surface area contributed by atoms with Gasteiger partial charge in [0.15, 0.2) is 0 Å². The molecular formula is C25H39N5O4. The third-order valence-electron chi connectivity index (χ3n) is 7.61. The van der Waals surface area contributed by atoms with Crippen molar-refractivity contribution in [3.63, 3.8) is 0 Å². The van der Waals surface area contributed by atoms with Gasteiger partial charge in [0.05, 0.1) is 12.1 Å². The molecule has 4 amide bonds. The molecule has 1 aromatic carbocycles. The van der Waals surface area contributed by atoms with Crippen LogP contribution in [0.25, 0.3) is 0 Å². The largest absolute Gasteiger partial charge is 0.385 e. The van der Waals surface area contributed by atoms with Crippen LogP contribution in [0.1, 0.15) is 37.7 Å². The molecule has 0 atom stereocenters. The van der Waals surface area contributed by atoms with Crippen LogP contribution >= 0.6 is 0 Å². The van der Waals surface area contributed by atoms with Crippen molar-refractivity contribution in [3.8, 4) is 0 Å². The van der Waals surface area contributed by atoms with Crippen LogP contribution in [0, 0.1) is 0 Å². The average molecular weight is 474 g/mol. The van der Waals surface area contributed by atoms with Crippen LogP contribution < -0.4 is 5.73 Å². The first-order chi connectivity index (χ1) is 16.1. The fourth-order valence-electron chi connectivity index (χ4n) is 5.61. The molecule has 9 nitrogen and oxygen atoms in total. The highest BCUT2D eigenvalue weighted by Gasteiger charge is 2.54. The van der Waals surface area contributed by atoms with Crippen molar-refractivity contribution in [2.75, 3.05) is 61.0 Å². The van der Waals surface area contributed by atoms with Crippen LogP contribution in [0.5, 0.6) is 0 Å². The predicted octanol–water partition coefficient (Wildman–Crippen LogP) is 1.47. The van der Waals surface area contributed by atoms with E-state index in [4.69, 9.17) is 10.5 Å². The van der Waals surface area contributed by atoms with Gasteiger partial charge in [-0.2, -0.15) is 0 Å². The Balaban J connectivity index is 1.81. The maximum Gasteiger partial charge on any atom is 0.321 e. The van der Waals surface area contributed by atoms with E-state index in [1.165, 1.54) is 17.5 Å². The predicted molar refractivity (Wildman–Crippen MR) is 130 cm³/mol. The van der Waals surface area contributed by atoms with Gasteiger partial charge >= 0.3 is 6.03 Å². The first kappa shape index (κ1) is 26.0. The Bertz CT molecular complexity index is 867. The molecule has 3 rings (SSSR count). The Kier molecular flexibility index (Phi) is 8.20. The maximum absolute atomic E-state index is 13.5. The first-order valence-electron chi connectivity index (χ1n) is 12.0. The Morgan fingerprint density at radius 1 is 1.09 bits per heavy atom. The minimum absolute atomic E-state index is 0.0529. The Morgan fingerprint density at radius 3 is 2.29 bits per heavy atom. The number of rotatable bonds is 10. The summed E-state index contributed by atoms with van der Waals surface area (Å²) in [5, 5.41) is 0. The number of nitrogens with zero attached hydrogens (tertiary/aromatic N) is 4. The molecule has 0 bridgehead atoms. The van der Waals surface area contributed by atoms with E-state index in [1.807, 2.05) is 11.0 Å². The SMILES string of the molecule is COCCCN1C(=O)N(CC(=O)N(C)CC(N)=O)CC12CCC(c1ccccc1)(N(C)C)CC2. The van der Waals surface area contributed by atoms with Crippen molar-refractivity contribution in [1.29, 1.82) is 0 Å². The molecule has 2 fully saturated rings. The van der Waals surface area contributed by atoms with E-state index in [9.17, 15) is 14.4 Å². The van der Waals surface area contributed by atoms with E-state index in [0.29, 0.717) is 19.7 Å². The van der Waals surface area contributed by atoms with Crippen LogP contribution in [0.4, 0.5) is 4.79 Å². The van der Waals surface area contributed by atoms with Crippen molar-refractivity contribution in [3.05, 3.63) is 35.9 Å². The molecule has 9 heteroatoms. The molecule has 1 aromatic rings. The summed E-state index contributed by atoms with van der Waals surface area (Å²) in [6.07, 6.45) is 4.27. The number of ether oxygens (including phenoxy) is 1. The summed E-state index contributed by atoms with van der Waals surface area (Å²) < 4.78 is 5.23. The zero-order valence-electron chi connectivity index (χ0n) is 21.0. The maximum atomic E-state index is 13.5. The average Bonchev–Trinajstić information content (AvgIpc) is 3.05. The standard InChI is InChI=1S/C25H39N5O4/c1-27(2)25(20-9-6-5-7-10-20)13-11-24(12-14-25)19-29(18-22(32)28(3)17-21(26)31)23(33)30(24)15-8-16-34-4/h5-7,9-10H,8,11-19H2,1-4H3,(H2,26,31). The smallest absolute Gasteiger partial charge is 0.321 e. The normalized spacial score (nSPS) is 24.8. The van der Waals surface area contributed by atoms with Gasteiger partial charge in [0.2, 0.25) is 11.8 Å². The second kappa shape index (κ2) is 10.7. The van der Waals surface area contributed by atoms with Crippen molar-refractivity contribution >= 4 is 17.8 Å². The van der Waals surface area contributed by atoms with E-state index in [1.54, 1.807) is 12.0 Å². The second-order valence-corrected chi connectivity index (χ2v) is 9.87. The van der Waals surface area contributed by atoms with Gasteiger partial charge < -0.3 is 25.2 Å². The number of carbonyl (C=O) groups is 3. The van der Waals surface area contributed by atoms with Gasteiger partial charge in [-0.1, -0.05) is 30.3 Å². The van der Waals surface area contributed by atoms with E-state index in [-0.39, 0.29) is 36.1 Å². The van der Waals surface area contributed by atoms with Crippen LogP contribution in [-0.4, -0.2) is 104 Å². The molecule has 0 radical (unpaired) electrons. The Hall–Kier alpha value is -2.65. The summed E-state index contributed by atoms with van der Waals surface area (Å²) in [6, 6.07) is 10.5. The number of primary amides is 1. The lowest BCUT2D eigenvalue weighted by Gasteiger charge is -2.51. The molecular weight excluding hydrogens is 434 g/mol. The number of carbonyl (C=O) groups excluding carboxylic acids is 3. The molecule has 1 saturated carbocycles. The molecule has 1 saturated heterocycles. The molecule has 1 heterocycles. The van der Waals surface area contributed by atoms with Crippen LogP contribution in [0.3, 0.4) is 0 Å².